The predicted molar refractivity (Wildman–Crippen MR) is 106 cm³/mol. The molecule has 0 bridgehead atoms. The van der Waals surface area contributed by atoms with E-state index in [0.29, 0.717) is 18.9 Å². The van der Waals surface area contributed by atoms with Crippen LogP contribution in [0.4, 0.5) is 0 Å². The van der Waals surface area contributed by atoms with Gasteiger partial charge in [-0.25, -0.2) is 0 Å². The highest BCUT2D eigenvalue weighted by atomic mass is 32.2. The largest absolute Gasteiger partial charge is 0.462 e. The van der Waals surface area contributed by atoms with Crippen LogP contribution in [-0.2, 0) is 42.2 Å². The van der Waals surface area contributed by atoms with Crippen LogP contribution in [0.3, 0.4) is 0 Å². The Hall–Kier alpha value is -1.83. The number of fused-ring (bicyclic) bond motifs is 1. The van der Waals surface area contributed by atoms with Crippen LogP contribution in [0.5, 0.6) is 0 Å². The Morgan fingerprint density at radius 1 is 1.41 bits per heavy atom. The summed E-state index contributed by atoms with van der Waals surface area (Å²) in [5, 5.41) is 3.02. The number of ether oxygens (including phenoxy) is 1. The standard InChI is InChI=1S/C20H27N3O3S/c1-14-19(9-22-20(24)13-27-3)18-6-7-23(10-15(18)8-21-14)11-16-4-5-17(26-16)12-25-2/h4-5,8H,6-7,9-13H2,1-3H3,(H,22,24). The van der Waals surface area contributed by atoms with Gasteiger partial charge in [0.1, 0.15) is 18.1 Å². The average molecular weight is 390 g/mol. The number of nitrogens with zero attached hydrogens (tertiary/aromatic N) is 2. The van der Waals surface area contributed by atoms with E-state index in [1.54, 1.807) is 7.11 Å². The van der Waals surface area contributed by atoms with Gasteiger partial charge in [0.15, 0.2) is 0 Å². The van der Waals surface area contributed by atoms with Gasteiger partial charge in [-0.2, -0.15) is 11.8 Å². The Kier molecular flexibility index (Phi) is 6.93. The van der Waals surface area contributed by atoms with Crippen LogP contribution in [0.1, 0.15) is 33.9 Å². The van der Waals surface area contributed by atoms with Gasteiger partial charge in [-0.15, -0.1) is 0 Å². The molecule has 3 heterocycles. The monoisotopic (exact) mass is 389 g/mol. The number of nitrogens with one attached hydrogen (secondary N) is 1. The maximum atomic E-state index is 11.8. The summed E-state index contributed by atoms with van der Waals surface area (Å²) in [7, 11) is 1.67. The summed E-state index contributed by atoms with van der Waals surface area (Å²) < 4.78 is 10.9. The minimum Gasteiger partial charge on any atom is -0.462 e. The second-order valence-electron chi connectivity index (χ2n) is 6.80. The van der Waals surface area contributed by atoms with Crippen molar-refractivity contribution in [2.24, 2.45) is 0 Å². The fourth-order valence-corrected chi connectivity index (χ4v) is 3.83. The zero-order chi connectivity index (χ0) is 19.2. The van der Waals surface area contributed by atoms with E-state index in [2.05, 4.69) is 15.2 Å². The number of furan rings is 1. The lowest BCUT2D eigenvalue weighted by molar-refractivity contribution is -0.118. The van der Waals surface area contributed by atoms with Gasteiger partial charge >= 0.3 is 0 Å². The van der Waals surface area contributed by atoms with E-state index < -0.39 is 0 Å². The van der Waals surface area contributed by atoms with Crippen LogP contribution in [0.2, 0.25) is 0 Å². The maximum Gasteiger partial charge on any atom is 0.230 e. The fourth-order valence-electron chi connectivity index (χ4n) is 3.47. The molecular weight excluding hydrogens is 362 g/mol. The van der Waals surface area contributed by atoms with Gasteiger partial charge in [-0.3, -0.25) is 14.7 Å². The highest BCUT2D eigenvalue weighted by Gasteiger charge is 2.22. The number of carbonyl (C=O) groups excluding carboxylic acids is 1. The summed E-state index contributed by atoms with van der Waals surface area (Å²) in [6, 6.07) is 3.99. The maximum absolute atomic E-state index is 11.8. The molecule has 0 aromatic carbocycles. The number of thioether (sulfide) groups is 1. The van der Waals surface area contributed by atoms with Crippen LogP contribution in [-0.4, -0.2) is 41.5 Å². The highest BCUT2D eigenvalue weighted by Crippen LogP contribution is 2.25. The van der Waals surface area contributed by atoms with Gasteiger partial charge in [-0.05, 0) is 48.4 Å². The van der Waals surface area contributed by atoms with Gasteiger partial charge in [-0.1, -0.05) is 0 Å². The number of hydrogen-bond donors (Lipinski definition) is 1. The van der Waals surface area contributed by atoms with Gasteiger partial charge < -0.3 is 14.5 Å². The molecule has 0 radical (unpaired) electrons. The number of pyridine rings is 1. The topological polar surface area (TPSA) is 67.6 Å². The second-order valence-corrected chi connectivity index (χ2v) is 7.66. The number of hydrogen-bond acceptors (Lipinski definition) is 6. The molecule has 0 fully saturated rings. The van der Waals surface area contributed by atoms with Crippen molar-refractivity contribution >= 4 is 17.7 Å². The predicted octanol–water partition coefficient (Wildman–Crippen LogP) is 2.67. The minimum absolute atomic E-state index is 0.0709. The van der Waals surface area contributed by atoms with Crippen LogP contribution >= 0.6 is 11.8 Å². The first-order valence-corrected chi connectivity index (χ1v) is 10.5. The van der Waals surface area contributed by atoms with E-state index in [4.69, 9.17) is 9.15 Å². The van der Waals surface area contributed by atoms with Crippen molar-refractivity contribution in [2.75, 3.05) is 25.7 Å². The first-order chi connectivity index (χ1) is 13.1. The van der Waals surface area contributed by atoms with Crippen molar-refractivity contribution in [1.29, 1.82) is 0 Å². The van der Waals surface area contributed by atoms with Crippen LogP contribution in [0.25, 0.3) is 0 Å². The van der Waals surface area contributed by atoms with E-state index >= 15 is 0 Å². The lowest BCUT2D eigenvalue weighted by Crippen LogP contribution is -2.32. The van der Waals surface area contributed by atoms with Crippen LogP contribution in [0, 0.1) is 6.92 Å². The van der Waals surface area contributed by atoms with Crippen molar-refractivity contribution in [1.82, 2.24) is 15.2 Å². The highest BCUT2D eigenvalue weighted by molar-refractivity contribution is 7.99. The molecule has 2 aromatic rings. The molecule has 3 rings (SSSR count). The summed E-state index contributed by atoms with van der Waals surface area (Å²) in [4.78, 5) is 18.7. The molecule has 6 nitrogen and oxygen atoms in total. The Balaban J connectivity index is 1.66. The van der Waals surface area contributed by atoms with Gasteiger partial charge in [0.2, 0.25) is 5.91 Å². The fraction of sp³-hybridized carbons (Fsp3) is 0.500. The molecule has 0 spiro atoms. The van der Waals surface area contributed by atoms with E-state index in [1.807, 2.05) is 31.5 Å². The molecule has 146 valence electrons. The van der Waals surface area contributed by atoms with Crippen molar-refractivity contribution in [3.8, 4) is 0 Å². The summed E-state index contributed by atoms with van der Waals surface area (Å²) in [5.41, 5.74) is 4.75. The third-order valence-corrected chi connectivity index (χ3v) is 5.35. The van der Waals surface area contributed by atoms with E-state index in [0.717, 1.165) is 43.3 Å². The second kappa shape index (κ2) is 9.39. The average Bonchev–Trinajstić information content (AvgIpc) is 3.08. The van der Waals surface area contributed by atoms with E-state index in [9.17, 15) is 4.79 Å². The van der Waals surface area contributed by atoms with Gasteiger partial charge in [0.05, 0.1) is 12.3 Å². The SMILES string of the molecule is COCc1ccc(CN2CCc3c(cnc(C)c3CNC(=O)CSC)C2)o1. The Bertz CT molecular complexity index is 791. The van der Waals surface area contributed by atoms with E-state index in [1.165, 1.54) is 28.5 Å². The molecule has 1 aliphatic rings. The van der Waals surface area contributed by atoms with Crippen molar-refractivity contribution in [2.45, 2.75) is 39.6 Å². The third kappa shape index (κ3) is 5.12. The smallest absolute Gasteiger partial charge is 0.230 e. The summed E-state index contributed by atoms with van der Waals surface area (Å²) in [6.07, 6.45) is 4.86. The molecule has 27 heavy (non-hydrogen) atoms. The molecular formula is C20H27N3O3S. The first-order valence-electron chi connectivity index (χ1n) is 9.11. The number of carbonyl (C=O) groups is 1. The van der Waals surface area contributed by atoms with E-state index in [-0.39, 0.29) is 5.91 Å². The molecule has 1 amide bonds. The molecule has 1 aliphatic heterocycles. The Morgan fingerprint density at radius 2 is 2.22 bits per heavy atom. The minimum atomic E-state index is 0.0709. The number of aryl methyl sites for hydroxylation is 1. The molecule has 0 saturated heterocycles. The lowest BCUT2D eigenvalue weighted by atomic mass is 9.95. The Labute approximate surface area is 164 Å². The van der Waals surface area contributed by atoms with Crippen LogP contribution < -0.4 is 5.32 Å². The molecule has 1 N–H and O–H groups in total. The molecule has 7 heteroatoms. The quantitative estimate of drug-likeness (QED) is 0.749. The third-order valence-electron chi connectivity index (χ3n) is 4.80. The van der Waals surface area contributed by atoms with Crippen LogP contribution in [0.15, 0.2) is 22.7 Å². The molecule has 0 saturated carbocycles. The normalized spacial score (nSPS) is 14.2. The van der Waals surface area contributed by atoms with Gasteiger partial charge in [0, 0.05) is 38.6 Å². The van der Waals surface area contributed by atoms with Crippen molar-refractivity contribution < 1.29 is 13.9 Å². The zero-order valence-corrected chi connectivity index (χ0v) is 17.0. The summed E-state index contributed by atoms with van der Waals surface area (Å²) in [6.45, 7) is 5.65. The summed E-state index contributed by atoms with van der Waals surface area (Å²) in [5.74, 6) is 2.37. The summed E-state index contributed by atoms with van der Waals surface area (Å²) >= 11 is 1.53. The van der Waals surface area contributed by atoms with Crippen molar-refractivity contribution in [3.63, 3.8) is 0 Å². The number of rotatable bonds is 8. The lowest BCUT2D eigenvalue weighted by Gasteiger charge is -2.29. The molecule has 0 unspecified atom stereocenters. The number of aromatic nitrogens is 1. The molecule has 0 atom stereocenters. The molecule has 2 aromatic heterocycles. The number of amides is 1. The zero-order valence-electron chi connectivity index (χ0n) is 16.2. The molecule has 0 aliphatic carbocycles. The van der Waals surface area contributed by atoms with Crippen molar-refractivity contribution in [3.05, 3.63) is 52.2 Å². The number of methoxy groups -OCH3 is 1. The van der Waals surface area contributed by atoms with Gasteiger partial charge in [0.25, 0.3) is 0 Å². The Morgan fingerprint density at radius 3 is 3.00 bits per heavy atom. The first kappa shape index (κ1) is 19.9.